The molecule has 0 fully saturated rings. The predicted molar refractivity (Wildman–Crippen MR) is 101 cm³/mol. The van der Waals surface area contributed by atoms with Crippen LogP contribution in [-0.4, -0.2) is 14.7 Å². The lowest BCUT2D eigenvalue weighted by Crippen LogP contribution is -2.07. The highest BCUT2D eigenvalue weighted by atomic mass is 35.5. The van der Waals surface area contributed by atoms with Crippen LogP contribution < -0.4 is 0 Å². The largest absolute Gasteiger partial charge is 0.508 e. The van der Waals surface area contributed by atoms with Crippen molar-refractivity contribution in [2.45, 2.75) is 26.6 Å². The van der Waals surface area contributed by atoms with E-state index in [4.69, 9.17) is 23.2 Å². The molecule has 0 spiro atoms. The Bertz CT molecular complexity index is 1070. The minimum atomic E-state index is -4.42. The molecule has 1 aromatic carbocycles. The van der Waals surface area contributed by atoms with Gasteiger partial charge in [0.2, 0.25) is 0 Å². The van der Waals surface area contributed by atoms with E-state index in [0.29, 0.717) is 27.6 Å². The zero-order valence-corrected chi connectivity index (χ0v) is 16.0. The molecule has 0 unspecified atom stereocenters. The van der Waals surface area contributed by atoms with Gasteiger partial charge in [0.05, 0.1) is 28.2 Å². The molecule has 27 heavy (non-hydrogen) atoms. The van der Waals surface area contributed by atoms with E-state index >= 15 is 0 Å². The lowest BCUT2D eigenvalue weighted by molar-refractivity contribution is -0.137. The molecule has 0 aliphatic heterocycles. The third kappa shape index (κ3) is 3.51. The fourth-order valence-corrected chi connectivity index (χ4v) is 3.69. The summed E-state index contributed by atoms with van der Waals surface area (Å²) in [5.74, 6) is -0.245. The summed E-state index contributed by atoms with van der Waals surface area (Å²) < 4.78 is 41.2. The van der Waals surface area contributed by atoms with Gasteiger partial charge < -0.3 is 9.67 Å². The highest BCUT2D eigenvalue weighted by Gasteiger charge is 2.31. The van der Waals surface area contributed by atoms with Crippen molar-refractivity contribution >= 4 is 39.9 Å². The predicted octanol–water partition coefficient (Wildman–Crippen LogP) is 6.56. The zero-order valence-electron chi connectivity index (χ0n) is 14.5. The molecule has 0 aliphatic rings. The number of benzene rings is 1. The molecule has 0 aliphatic carbocycles. The molecule has 142 valence electrons. The molecule has 0 bridgehead atoms. The van der Waals surface area contributed by atoms with Crippen molar-refractivity contribution in [2.75, 3.05) is 0 Å². The maximum absolute atomic E-state index is 13.1. The zero-order chi connectivity index (χ0) is 20.1. The van der Waals surface area contributed by atoms with Crippen LogP contribution in [0.15, 0.2) is 31.1 Å². The second-order valence-electron chi connectivity index (χ2n) is 6.33. The van der Waals surface area contributed by atoms with Gasteiger partial charge in [-0.25, -0.2) is 4.98 Å². The van der Waals surface area contributed by atoms with Gasteiger partial charge in [-0.2, -0.15) is 13.2 Å². The molecule has 8 heteroatoms. The minimum Gasteiger partial charge on any atom is -0.508 e. The van der Waals surface area contributed by atoms with Gasteiger partial charge in [0.1, 0.15) is 10.9 Å². The topological polar surface area (TPSA) is 38.1 Å². The van der Waals surface area contributed by atoms with Crippen molar-refractivity contribution in [3.8, 4) is 0 Å². The van der Waals surface area contributed by atoms with Crippen LogP contribution in [0.25, 0.3) is 16.7 Å². The summed E-state index contributed by atoms with van der Waals surface area (Å²) in [7, 11) is 0. The van der Waals surface area contributed by atoms with Gasteiger partial charge in [-0.15, -0.1) is 0 Å². The third-order valence-electron chi connectivity index (χ3n) is 4.39. The fourth-order valence-electron chi connectivity index (χ4n) is 3.13. The first-order chi connectivity index (χ1) is 12.5. The molecular weight excluding hydrogens is 400 g/mol. The Morgan fingerprint density at radius 2 is 1.89 bits per heavy atom. The molecule has 2 heterocycles. The minimum absolute atomic E-state index is 0.147. The van der Waals surface area contributed by atoms with E-state index < -0.39 is 11.7 Å². The van der Waals surface area contributed by atoms with Crippen molar-refractivity contribution in [2.24, 2.45) is 0 Å². The van der Waals surface area contributed by atoms with Gasteiger partial charge >= 0.3 is 6.18 Å². The van der Waals surface area contributed by atoms with E-state index in [9.17, 15) is 18.3 Å². The lowest BCUT2D eigenvalue weighted by atomic mass is 10.0. The van der Waals surface area contributed by atoms with Gasteiger partial charge in [0.25, 0.3) is 0 Å². The summed E-state index contributed by atoms with van der Waals surface area (Å²) >= 11 is 12.5. The van der Waals surface area contributed by atoms with Gasteiger partial charge in [-0.1, -0.05) is 29.8 Å². The second kappa shape index (κ2) is 6.77. The average molecular weight is 415 g/mol. The van der Waals surface area contributed by atoms with Crippen molar-refractivity contribution < 1.29 is 18.3 Å². The number of halogens is 5. The number of alkyl halides is 3. The van der Waals surface area contributed by atoms with Gasteiger partial charge in [-0.05, 0) is 37.1 Å². The Hall–Kier alpha value is -2.18. The summed E-state index contributed by atoms with van der Waals surface area (Å²) in [6, 6.07) is 2.26. The van der Waals surface area contributed by atoms with Crippen molar-refractivity contribution in [1.82, 2.24) is 9.55 Å². The standard InChI is InChI=1S/C19H15Cl2F3N2O/c1-9-4-12(19(22,23)24)5-13-10(2)7-26(17(9)13)8-15-16(20)14(11(3)27)6-25-18(15)21/h4-7,27H,3,8H2,1-2H3. The molecule has 0 atom stereocenters. The lowest BCUT2D eigenvalue weighted by Gasteiger charge is -2.14. The maximum Gasteiger partial charge on any atom is 0.416 e. The normalized spacial score (nSPS) is 12.0. The van der Waals surface area contributed by atoms with Crippen molar-refractivity contribution in [1.29, 1.82) is 0 Å². The smallest absolute Gasteiger partial charge is 0.416 e. The first-order valence-electron chi connectivity index (χ1n) is 7.89. The van der Waals surface area contributed by atoms with Crippen LogP contribution in [0.5, 0.6) is 0 Å². The Labute approximate surface area is 163 Å². The molecule has 3 rings (SSSR count). The molecule has 0 saturated carbocycles. The number of nitrogens with zero attached hydrogens (tertiary/aromatic N) is 2. The summed E-state index contributed by atoms with van der Waals surface area (Å²) in [5, 5.41) is 10.5. The molecule has 3 aromatic rings. The van der Waals surface area contributed by atoms with Crippen molar-refractivity contribution in [3.05, 3.63) is 69.1 Å². The van der Waals surface area contributed by atoms with E-state index in [2.05, 4.69) is 11.6 Å². The fraction of sp³-hybridized carbons (Fsp3) is 0.211. The van der Waals surface area contributed by atoms with E-state index in [-0.39, 0.29) is 28.0 Å². The molecule has 3 nitrogen and oxygen atoms in total. The molecule has 0 radical (unpaired) electrons. The number of hydrogen-bond donors (Lipinski definition) is 1. The van der Waals surface area contributed by atoms with Gasteiger partial charge in [0.15, 0.2) is 0 Å². The Morgan fingerprint density at radius 3 is 2.48 bits per heavy atom. The van der Waals surface area contributed by atoms with Crippen molar-refractivity contribution in [3.63, 3.8) is 0 Å². The number of aromatic nitrogens is 2. The molecular formula is C19H15Cl2F3N2O. The van der Waals surface area contributed by atoms with Gasteiger partial charge in [-0.3, -0.25) is 0 Å². The summed E-state index contributed by atoms with van der Waals surface area (Å²) in [4.78, 5) is 4.01. The number of fused-ring (bicyclic) bond motifs is 1. The number of aryl methyl sites for hydroxylation is 2. The highest BCUT2D eigenvalue weighted by Crippen LogP contribution is 2.36. The number of hydrogen-bond acceptors (Lipinski definition) is 2. The average Bonchev–Trinajstić information content (AvgIpc) is 2.87. The highest BCUT2D eigenvalue weighted by molar-refractivity contribution is 6.36. The molecule has 0 amide bonds. The number of pyridine rings is 1. The van der Waals surface area contributed by atoms with Crippen LogP contribution in [0.1, 0.15) is 27.8 Å². The van der Waals surface area contributed by atoms with E-state index in [1.807, 2.05) is 0 Å². The SMILES string of the molecule is C=C(O)c1cnc(Cl)c(Cn2cc(C)c3cc(C(F)(F)F)cc(C)c32)c1Cl. The third-order valence-corrected chi connectivity index (χ3v) is 5.14. The van der Waals surface area contributed by atoms with Crippen LogP contribution in [-0.2, 0) is 12.7 Å². The number of aliphatic hydroxyl groups is 1. The van der Waals surface area contributed by atoms with E-state index in [1.54, 1.807) is 24.6 Å². The Kier molecular flexibility index (Phi) is 4.91. The first-order valence-corrected chi connectivity index (χ1v) is 8.64. The van der Waals surface area contributed by atoms with Crippen LogP contribution in [0.3, 0.4) is 0 Å². The number of rotatable bonds is 3. The van der Waals surface area contributed by atoms with Crippen LogP contribution in [0.2, 0.25) is 10.2 Å². The van der Waals surface area contributed by atoms with E-state index in [0.717, 1.165) is 12.1 Å². The Balaban J connectivity index is 2.18. The maximum atomic E-state index is 13.1. The Morgan fingerprint density at radius 1 is 1.22 bits per heavy atom. The molecule has 1 N–H and O–H groups in total. The monoisotopic (exact) mass is 414 g/mol. The number of aliphatic hydroxyl groups excluding tert-OH is 1. The summed E-state index contributed by atoms with van der Waals surface area (Å²) in [5.41, 5.74) is 1.84. The summed E-state index contributed by atoms with van der Waals surface area (Å²) in [6.07, 6.45) is -1.36. The van der Waals surface area contributed by atoms with Crippen LogP contribution in [0, 0.1) is 13.8 Å². The second-order valence-corrected chi connectivity index (χ2v) is 7.06. The van der Waals surface area contributed by atoms with Crippen LogP contribution in [0.4, 0.5) is 13.2 Å². The molecule has 0 saturated heterocycles. The van der Waals surface area contributed by atoms with Crippen LogP contribution >= 0.6 is 23.2 Å². The van der Waals surface area contributed by atoms with E-state index in [1.165, 1.54) is 6.20 Å². The molecule has 2 aromatic heterocycles. The quantitative estimate of drug-likeness (QED) is 0.389. The van der Waals surface area contributed by atoms with Gasteiger partial charge in [0, 0.05) is 23.3 Å². The summed E-state index contributed by atoms with van der Waals surface area (Å²) in [6.45, 7) is 6.99. The first kappa shape index (κ1) is 19.6.